The molecule has 0 aromatic carbocycles. The maximum atomic E-state index is 11.1. The van der Waals surface area contributed by atoms with Crippen LogP contribution in [-0.4, -0.2) is 9.58 Å². The van der Waals surface area contributed by atoms with Crippen LogP contribution in [0.3, 0.4) is 0 Å². The summed E-state index contributed by atoms with van der Waals surface area (Å²) in [6.07, 6.45) is 3.26. The van der Waals surface area contributed by atoms with Gasteiger partial charge in [-0.3, -0.25) is 4.79 Å². The van der Waals surface area contributed by atoms with Crippen molar-refractivity contribution in [1.29, 1.82) is 0 Å². The fraction of sp³-hybridized carbons (Fsp3) is 0.875. The number of hydrogen-bond donors (Lipinski definition) is 0. The predicted molar refractivity (Wildman–Crippen MR) is 54.1 cm³/mol. The van der Waals surface area contributed by atoms with E-state index in [1.165, 1.54) is 0 Å². The van der Waals surface area contributed by atoms with Crippen LogP contribution in [0.15, 0.2) is 0 Å². The molecule has 0 spiro atoms. The second-order valence-corrected chi connectivity index (χ2v) is 5.27. The van der Waals surface area contributed by atoms with Crippen molar-refractivity contribution in [2.24, 2.45) is 0 Å². The minimum absolute atomic E-state index is 0.183. The number of carbonyl (C=O) groups excluding carboxylic acids is 1. The minimum atomic E-state index is -1.28. The number of unbranched alkanes of at least 4 members (excludes halogenated alkanes) is 1. The van der Waals surface area contributed by atoms with Crippen LogP contribution >= 0.6 is 34.8 Å². The topological polar surface area (TPSA) is 17.1 Å². The molecule has 0 aromatic rings. The van der Waals surface area contributed by atoms with Crippen LogP contribution < -0.4 is 0 Å². The van der Waals surface area contributed by atoms with Crippen molar-refractivity contribution in [2.75, 3.05) is 0 Å². The van der Waals surface area contributed by atoms with Crippen LogP contribution in [0.25, 0.3) is 0 Å². The molecule has 0 heterocycles. The molecule has 12 heavy (non-hydrogen) atoms. The Bertz CT molecular complexity index is 140. The molecule has 0 rings (SSSR count). The van der Waals surface area contributed by atoms with E-state index in [9.17, 15) is 4.79 Å². The summed E-state index contributed by atoms with van der Waals surface area (Å²) in [5.41, 5.74) is 0. The molecule has 0 N–H and O–H groups in total. The molecule has 0 aliphatic heterocycles. The van der Waals surface area contributed by atoms with Crippen LogP contribution in [0.5, 0.6) is 0 Å². The van der Waals surface area contributed by atoms with Crippen molar-refractivity contribution < 1.29 is 4.79 Å². The molecule has 0 saturated carbocycles. The first-order chi connectivity index (χ1) is 5.45. The zero-order valence-corrected chi connectivity index (χ0v) is 9.35. The van der Waals surface area contributed by atoms with Crippen molar-refractivity contribution in [3.63, 3.8) is 0 Å². The average molecular weight is 232 g/mol. The quantitative estimate of drug-likeness (QED) is 0.656. The number of ketones is 1. The molecule has 0 fully saturated rings. The lowest BCUT2D eigenvalue weighted by Gasteiger charge is -2.08. The van der Waals surface area contributed by atoms with Gasteiger partial charge in [-0.1, -0.05) is 48.1 Å². The van der Waals surface area contributed by atoms with E-state index in [1.807, 2.05) is 6.92 Å². The molecule has 0 aromatic heterocycles. The van der Waals surface area contributed by atoms with Gasteiger partial charge in [-0.25, -0.2) is 0 Å². The van der Waals surface area contributed by atoms with Crippen molar-refractivity contribution >= 4 is 40.6 Å². The van der Waals surface area contributed by atoms with Crippen LogP contribution in [0.1, 0.15) is 39.0 Å². The summed E-state index contributed by atoms with van der Waals surface area (Å²) in [4.78, 5) is 11.1. The summed E-state index contributed by atoms with van der Waals surface area (Å²) in [5, 5.41) is 0. The Kier molecular flexibility index (Phi) is 6.34. The summed E-state index contributed by atoms with van der Waals surface area (Å²) in [7, 11) is 0. The van der Waals surface area contributed by atoms with E-state index in [-0.39, 0.29) is 5.78 Å². The van der Waals surface area contributed by atoms with Gasteiger partial charge in [-0.05, 0) is 6.42 Å². The predicted octanol–water partition coefficient (Wildman–Crippen LogP) is 3.90. The van der Waals surface area contributed by atoms with E-state index in [1.54, 1.807) is 0 Å². The molecule has 0 unspecified atom stereocenters. The van der Waals surface area contributed by atoms with Gasteiger partial charge in [0.15, 0.2) is 3.79 Å². The zero-order valence-electron chi connectivity index (χ0n) is 7.08. The molecule has 1 nitrogen and oxygen atoms in total. The van der Waals surface area contributed by atoms with Crippen molar-refractivity contribution in [1.82, 2.24) is 0 Å². The Morgan fingerprint density at radius 2 is 1.83 bits per heavy atom. The molecular weight excluding hydrogens is 218 g/mol. The molecule has 72 valence electrons. The fourth-order valence-electron chi connectivity index (χ4n) is 0.780. The first kappa shape index (κ1) is 12.5. The average Bonchev–Trinajstić information content (AvgIpc) is 1.95. The molecule has 4 heteroatoms. The Labute approximate surface area is 88.4 Å². The Balaban J connectivity index is 3.44. The maximum absolute atomic E-state index is 11.1. The lowest BCUT2D eigenvalue weighted by atomic mass is 10.1. The van der Waals surface area contributed by atoms with Crippen molar-refractivity contribution in [3.05, 3.63) is 0 Å². The van der Waals surface area contributed by atoms with Gasteiger partial charge in [0.1, 0.15) is 5.78 Å². The van der Waals surface area contributed by atoms with Gasteiger partial charge in [0.05, 0.1) is 0 Å². The molecule has 0 aliphatic rings. The highest BCUT2D eigenvalue weighted by atomic mass is 35.6. The number of carbonyl (C=O) groups is 1. The van der Waals surface area contributed by atoms with Gasteiger partial charge in [-0.2, -0.15) is 0 Å². The smallest absolute Gasteiger partial charge is 0.191 e. The van der Waals surface area contributed by atoms with E-state index >= 15 is 0 Å². The molecule has 0 aliphatic carbocycles. The largest absolute Gasteiger partial charge is 0.300 e. The van der Waals surface area contributed by atoms with E-state index in [0.29, 0.717) is 19.3 Å². The first-order valence-electron chi connectivity index (χ1n) is 4.04. The summed E-state index contributed by atoms with van der Waals surface area (Å²) in [5.74, 6) is 0.183. The number of alkyl halides is 3. The Hall–Kier alpha value is 0.540. The normalized spacial score (nSPS) is 11.7. The van der Waals surface area contributed by atoms with Crippen LogP contribution in [0.4, 0.5) is 0 Å². The molecule has 0 bridgehead atoms. The second-order valence-electron chi connectivity index (χ2n) is 2.76. The Morgan fingerprint density at radius 3 is 2.25 bits per heavy atom. The van der Waals surface area contributed by atoms with Gasteiger partial charge < -0.3 is 0 Å². The summed E-state index contributed by atoms with van der Waals surface area (Å²) >= 11 is 16.5. The standard InChI is InChI=1S/C8H13Cl3O/c1-2-3-4-7(12)5-6-8(9,10)11/h2-6H2,1H3. The summed E-state index contributed by atoms with van der Waals surface area (Å²) in [6.45, 7) is 2.04. The monoisotopic (exact) mass is 230 g/mol. The molecule has 0 radical (unpaired) electrons. The summed E-state index contributed by atoms with van der Waals surface area (Å²) < 4.78 is -1.28. The summed E-state index contributed by atoms with van der Waals surface area (Å²) in [6, 6.07) is 0. The lowest BCUT2D eigenvalue weighted by molar-refractivity contribution is -0.119. The highest BCUT2D eigenvalue weighted by Gasteiger charge is 2.20. The second kappa shape index (κ2) is 6.06. The van der Waals surface area contributed by atoms with E-state index in [2.05, 4.69) is 0 Å². The number of rotatable bonds is 5. The molecule has 0 saturated heterocycles. The Morgan fingerprint density at radius 1 is 1.25 bits per heavy atom. The van der Waals surface area contributed by atoms with Gasteiger partial charge in [0.2, 0.25) is 0 Å². The molecular formula is C8H13Cl3O. The lowest BCUT2D eigenvalue weighted by Crippen LogP contribution is -2.06. The first-order valence-corrected chi connectivity index (χ1v) is 5.17. The fourth-order valence-corrected chi connectivity index (χ4v) is 1.06. The van der Waals surface area contributed by atoms with E-state index < -0.39 is 3.79 Å². The zero-order chi connectivity index (χ0) is 9.61. The van der Waals surface area contributed by atoms with Gasteiger partial charge >= 0.3 is 0 Å². The van der Waals surface area contributed by atoms with Crippen LogP contribution in [0, 0.1) is 0 Å². The number of Topliss-reactive ketones (excluding diaryl/α,β-unsaturated/α-hetero) is 1. The SMILES string of the molecule is CCCCC(=O)CCC(Cl)(Cl)Cl. The minimum Gasteiger partial charge on any atom is -0.300 e. The third-order valence-electron chi connectivity index (χ3n) is 1.50. The van der Waals surface area contributed by atoms with Gasteiger partial charge in [0.25, 0.3) is 0 Å². The third-order valence-corrected chi connectivity index (χ3v) is 2.06. The maximum Gasteiger partial charge on any atom is 0.191 e. The van der Waals surface area contributed by atoms with Crippen LogP contribution in [0.2, 0.25) is 0 Å². The number of hydrogen-bond acceptors (Lipinski definition) is 1. The molecule has 0 amide bonds. The highest BCUT2D eigenvalue weighted by molar-refractivity contribution is 6.67. The van der Waals surface area contributed by atoms with Gasteiger partial charge in [0, 0.05) is 19.3 Å². The van der Waals surface area contributed by atoms with E-state index in [0.717, 1.165) is 12.8 Å². The highest BCUT2D eigenvalue weighted by Crippen LogP contribution is 2.31. The van der Waals surface area contributed by atoms with Crippen molar-refractivity contribution in [2.45, 2.75) is 42.8 Å². The van der Waals surface area contributed by atoms with Crippen LogP contribution in [-0.2, 0) is 4.79 Å². The van der Waals surface area contributed by atoms with E-state index in [4.69, 9.17) is 34.8 Å². The third kappa shape index (κ3) is 8.63. The van der Waals surface area contributed by atoms with Gasteiger partial charge in [-0.15, -0.1) is 0 Å². The number of halogens is 3. The molecule has 0 atom stereocenters. The van der Waals surface area contributed by atoms with Crippen molar-refractivity contribution in [3.8, 4) is 0 Å².